The molecule has 0 aliphatic carbocycles. The number of ether oxygens (including phenoxy) is 2. The third-order valence-electron chi connectivity index (χ3n) is 4.16. The zero-order chi connectivity index (χ0) is 14.9. The standard InChI is InChI=1S/C17H28N2O2/c1-3-19(14-15-8-10-18-11-9-15)12-13-21-17-6-4-16(20-2)5-7-17/h4-7,15,18H,3,8-14H2,1-2H3. The van der Waals surface area contributed by atoms with Crippen molar-refractivity contribution in [1.29, 1.82) is 0 Å². The molecule has 0 aromatic heterocycles. The van der Waals surface area contributed by atoms with Crippen LogP contribution in [-0.4, -0.2) is 51.3 Å². The lowest BCUT2D eigenvalue weighted by Crippen LogP contribution is -2.37. The third-order valence-corrected chi connectivity index (χ3v) is 4.16. The Morgan fingerprint density at radius 2 is 1.81 bits per heavy atom. The second kappa shape index (κ2) is 8.90. The van der Waals surface area contributed by atoms with E-state index < -0.39 is 0 Å². The molecule has 0 saturated carbocycles. The minimum absolute atomic E-state index is 0.741. The maximum atomic E-state index is 5.82. The zero-order valence-corrected chi connectivity index (χ0v) is 13.3. The molecule has 0 spiro atoms. The Morgan fingerprint density at radius 1 is 1.14 bits per heavy atom. The first-order valence-corrected chi connectivity index (χ1v) is 8.01. The van der Waals surface area contributed by atoms with E-state index in [2.05, 4.69) is 17.1 Å². The zero-order valence-electron chi connectivity index (χ0n) is 13.3. The molecule has 1 saturated heterocycles. The van der Waals surface area contributed by atoms with E-state index in [-0.39, 0.29) is 0 Å². The summed E-state index contributed by atoms with van der Waals surface area (Å²) in [5.41, 5.74) is 0. The fourth-order valence-electron chi connectivity index (χ4n) is 2.77. The highest BCUT2D eigenvalue weighted by Crippen LogP contribution is 2.17. The van der Waals surface area contributed by atoms with Gasteiger partial charge in [0.05, 0.1) is 7.11 Å². The van der Waals surface area contributed by atoms with Crippen LogP contribution < -0.4 is 14.8 Å². The molecule has 2 rings (SSSR count). The summed E-state index contributed by atoms with van der Waals surface area (Å²) in [6.45, 7) is 8.60. The van der Waals surface area contributed by atoms with Gasteiger partial charge in [-0.15, -0.1) is 0 Å². The second-order valence-corrected chi connectivity index (χ2v) is 5.61. The summed E-state index contributed by atoms with van der Waals surface area (Å²) in [5, 5.41) is 3.43. The van der Waals surface area contributed by atoms with Gasteiger partial charge in [0, 0.05) is 13.1 Å². The summed E-state index contributed by atoms with van der Waals surface area (Å²) in [6.07, 6.45) is 2.60. The molecule has 0 atom stereocenters. The van der Waals surface area contributed by atoms with Gasteiger partial charge in [-0.05, 0) is 62.7 Å². The molecule has 0 unspecified atom stereocenters. The van der Waals surface area contributed by atoms with Crippen molar-refractivity contribution in [2.24, 2.45) is 5.92 Å². The molecule has 0 radical (unpaired) electrons. The van der Waals surface area contributed by atoms with E-state index in [4.69, 9.17) is 9.47 Å². The van der Waals surface area contributed by atoms with Gasteiger partial charge in [-0.25, -0.2) is 0 Å². The van der Waals surface area contributed by atoms with Crippen LogP contribution in [0, 0.1) is 5.92 Å². The van der Waals surface area contributed by atoms with Crippen molar-refractivity contribution in [3.8, 4) is 11.5 Å². The van der Waals surface area contributed by atoms with Gasteiger partial charge in [0.25, 0.3) is 0 Å². The van der Waals surface area contributed by atoms with Crippen molar-refractivity contribution in [3.05, 3.63) is 24.3 Å². The van der Waals surface area contributed by atoms with Crippen molar-refractivity contribution in [1.82, 2.24) is 10.2 Å². The monoisotopic (exact) mass is 292 g/mol. The van der Waals surface area contributed by atoms with Gasteiger partial charge in [0.15, 0.2) is 0 Å². The van der Waals surface area contributed by atoms with Gasteiger partial charge < -0.3 is 14.8 Å². The summed E-state index contributed by atoms with van der Waals surface area (Å²) in [4.78, 5) is 2.50. The van der Waals surface area contributed by atoms with Crippen LogP contribution in [-0.2, 0) is 0 Å². The lowest BCUT2D eigenvalue weighted by molar-refractivity contribution is 0.178. The molecule has 1 aliphatic heterocycles. The number of nitrogens with zero attached hydrogens (tertiary/aromatic N) is 1. The van der Waals surface area contributed by atoms with E-state index in [1.54, 1.807) is 7.11 Å². The van der Waals surface area contributed by atoms with Crippen molar-refractivity contribution < 1.29 is 9.47 Å². The number of hydrogen-bond acceptors (Lipinski definition) is 4. The number of nitrogens with one attached hydrogen (secondary N) is 1. The molecule has 1 aromatic carbocycles. The maximum absolute atomic E-state index is 5.82. The Bertz CT molecular complexity index is 388. The smallest absolute Gasteiger partial charge is 0.119 e. The first-order valence-electron chi connectivity index (χ1n) is 8.01. The van der Waals surface area contributed by atoms with Gasteiger partial charge in [-0.3, -0.25) is 4.90 Å². The quantitative estimate of drug-likeness (QED) is 0.798. The predicted molar refractivity (Wildman–Crippen MR) is 86.2 cm³/mol. The molecule has 1 fully saturated rings. The fraction of sp³-hybridized carbons (Fsp3) is 0.647. The Morgan fingerprint density at radius 3 is 2.43 bits per heavy atom. The molecule has 0 bridgehead atoms. The maximum Gasteiger partial charge on any atom is 0.119 e. The molecule has 1 N–H and O–H groups in total. The van der Waals surface area contributed by atoms with Crippen LogP contribution in [0.3, 0.4) is 0 Å². The minimum Gasteiger partial charge on any atom is -0.497 e. The Hall–Kier alpha value is -1.26. The summed E-state index contributed by atoms with van der Waals surface area (Å²) in [6, 6.07) is 7.79. The van der Waals surface area contributed by atoms with Crippen LogP contribution in [0.2, 0.25) is 0 Å². The Kier molecular flexibility index (Phi) is 6.83. The van der Waals surface area contributed by atoms with Gasteiger partial charge >= 0.3 is 0 Å². The van der Waals surface area contributed by atoms with Crippen molar-refractivity contribution in [2.45, 2.75) is 19.8 Å². The number of piperidine rings is 1. The van der Waals surface area contributed by atoms with E-state index in [9.17, 15) is 0 Å². The predicted octanol–water partition coefficient (Wildman–Crippen LogP) is 2.40. The van der Waals surface area contributed by atoms with E-state index in [0.717, 1.165) is 37.1 Å². The number of likely N-dealkylation sites (N-methyl/N-ethyl adjacent to an activating group) is 1. The molecule has 0 amide bonds. The van der Waals surface area contributed by atoms with Gasteiger partial charge in [-0.1, -0.05) is 6.92 Å². The molecule has 1 aliphatic rings. The van der Waals surface area contributed by atoms with Crippen LogP contribution in [0.1, 0.15) is 19.8 Å². The second-order valence-electron chi connectivity index (χ2n) is 5.61. The summed E-state index contributed by atoms with van der Waals surface area (Å²) in [7, 11) is 1.68. The fourth-order valence-corrected chi connectivity index (χ4v) is 2.77. The Labute approximate surface area is 128 Å². The van der Waals surface area contributed by atoms with Crippen LogP contribution in [0.5, 0.6) is 11.5 Å². The first-order chi connectivity index (χ1) is 10.3. The first kappa shape index (κ1) is 16.1. The average Bonchev–Trinajstić information content (AvgIpc) is 2.55. The van der Waals surface area contributed by atoms with Gasteiger partial charge in [0.2, 0.25) is 0 Å². The van der Waals surface area contributed by atoms with Crippen LogP contribution >= 0.6 is 0 Å². The summed E-state index contributed by atoms with van der Waals surface area (Å²) >= 11 is 0. The van der Waals surface area contributed by atoms with E-state index in [1.165, 1.54) is 32.5 Å². The molecule has 4 nitrogen and oxygen atoms in total. The van der Waals surface area contributed by atoms with E-state index >= 15 is 0 Å². The largest absolute Gasteiger partial charge is 0.497 e. The molecule has 118 valence electrons. The normalized spacial score (nSPS) is 16.1. The number of methoxy groups -OCH3 is 1. The van der Waals surface area contributed by atoms with Crippen molar-refractivity contribution >= 4 is 0 Å². The Balaban J connectivity index is 1.69. The lowest BCUT2D eigenvalue weighted by Gasteiger charge is -2.29. The topological polar surface area (TPSA) is 33.7 Å². The van der Waals surface area contributed by atoms with Crippen LogP contribution in [0.15, 0.2) is 24.3 Å². The van der Waals surface area contributed by atoms with Crippen molar-refractivity contribution in [3.63, 3.8) is 0 Å². The van der Waals surface area contributed by atoms with Crippen LogP contribution in [0.4, 0.5) is 0 Å². The van der Waals surface area contributed by atoms with Gasteiger partial charge in [-0.2, -0.15) is 0 Å². The highest BCUT2D eigenvalue weighted by Gasteiger charge is 2.16. The molecule has 21 heavy (non-hydrogen) atoms. The molecule has 1 aromatic rings. The van der Waals surface area contributed by atoms with Crippen LogP contribution in [0.25, 0.3) is 0 Å². The molecular formula is C17H28N2O2. The lowest BCUT2D eigenvalue weighted by atomic mass is 9.97. The molecular weight excluding hydrogens is 264 g/mol. The minimum atomic E-state index is 0.741. The SMILES string of the molecule is CCN(CCOc1ccc(OC)cc1)CC1CCNCC1. The van der Waals surface area contributed by atoms with Crippen molar-refractivity contribution in [2.75, 3.05) is 46.4 Å². The highest BCUT2D eigenvalue weighted by molar-refractivity contribution is 5.31. The third kappa shape index (κ3) is 5.56. The molecule has 4 heteroatoms. The summed E-state index contributed by atoms with van der Waals surface area (Å²) in [5.74, 6) is 2.62. The van der Waals surface area contributed by atoms with E-state index in [0.29, 0.717) is 0 Å². The molecule has 1 heterocycles. The van der Waals surface area contributed by atoms with E-state index in [1.807, 2.05) is 24.3 Å². The number of hydrogen-bond donors (Lipinski definition) is 1. The highest BCUT2D eigenvalue weighted by atomic mass is 16.5. The number of benzene rings is 1. The number of rotatable bonds is 8. The summed E-state index contributed by atoms with van der Waals surface area (Å²) < 4.78 is 11.0. The average molecular weight is 292 g/mol. The van der Waals surface area contributed by atoms with Gasteiger partial charge in [0.1, 0.15) is 18.1 Å².